The van der Waals surface area contributed by atoms with Gasteiger partial charge in [0.25, 0.3) is 0 Å². The third kappa shape index (κ3) is 21.2. The predicted octanol–water partition coefficient (Wildman–Crippen LogP) is 5.47. The molecule has 0 saturated heterocycles. The number of Topliss-reactive ketones (excluding diaryl/α,β-unsaturated/α-hetero) is 1. The first-order chi connectivity index (χ1) is 13.7. The standard InChI is InChI=1S/C23H47N3O2/c1-25-23(28)26-21-19-22(27)18-16-14-12-10-8-6-4-2-3-5-7-9-11-13-15-17-20-24/h2-21,24H2,1H3,(H2,25,26,28). The van der Waals surface area contributed by atoms with Crippen molar-refractivity contribution in [3.05, 3.63) is 0 Å². The van der Waals surface area contributed by atoms with E-state index in [0.717, 1.165) is 19.4 Å². The van der Waals surface area contributed by atoms with Gasteiger partial charge in [-0.05, 0) is 19.4 Å². The fraction of sp³-hybridized carbons (Fsp3) is 0.913. The summed E-state index contributed by atoms with van der Waals surface area (Å²) in [6.45, 7) is 1.28. The molecular formula is C23H47N3O2. The van der Waals surface area contributed by atoms with Crippen LogP contribution in [0.5, 0.6) is 0 Å². The van der Waals surface area contributed by atoms with Crippen LogP contribution in [0, 0.1) is 0 Å². The van der Waals surface area contributed by atoms with Crippen molar-refractivity contribution in [2.24, 2.45) is 5.73 Å². The molecule has 166 valence electrons. The number of ketones is 1. The molecule has 0 fully saturated rings. The summed E-state index contributed by atoms with van der Waals surface area (Å²) in [5, 5.41) is 5.12. The zero-order valence-electron chi connectivity index (χ0n) is 18.5. The molecule has 5 nitrogen and oxygen atoms in total. The number of amides is 2. The van der Waals surface area contributed by atoms with Gasteiger partial charge in [-0.25, -0.2) is 4.79 Å². The van der Waals surface area contributed by atoms with Gasteiger partial charge in [-0.3, -0.25) is 4.79 Å². The first-order valence-electron chi connectivity index (χ1n) is 11.9. The molecule has 4 N–H and O–H groups in total. The highest BCUT2D eigenvalue weighted by atomic mass is 16.2. The maximum Gasteiger partial charge on any atom is 0.314 e. The maximum absolute atomic E-state index is 11.7. The molecule has 0 saturated carbocycles. The smallest absolute Gasteiger partial charge is 0.314 e. The number of nitrogens with one attached hydrogen (secondary N) is 2. The van der Waals surface area contributed by atoms with Gasteiger partial charge >= 0.3 is 6.03 Å². The van der Waals surface area contributed by atoms with Crippen molar-refractivity contribution in [2.75, 3.05) is 20.1 Å². The molecule has 2 amide bonds. The Morgan fingerprint density at radius 1 is 0.607 bits per heavy atom. The van der Waals surface area contributed by atoms with E-state index in [1.54, 1.807) is 7.05 Å². The van der Waals surface area contributed by atoms with Crippen LogP contribution < -0.4 is 16.4 Å². The van der Waals surface area contributed by atoms with Gasteiger partial charge in [0.15, 0.2) is 0 Å². The van der Waals surface area contributed by atoms with E-state index in [2.05, 4.69) is 10.6 Å². The largest absolute Gasteiger partial charge is 0.341 e. The summed E-state index contributed by atoms with van der Waals surface area (Å²) in [6, 6.07) is -0.221. The van der Waals surface area contributed by atoms with E-state index in [1.165, 1.54) is 89.9 Å². The van der Waals surface area contributed by atoms with Crippen LogP contribution in [0.15, 0.2) is 0 Å². The molecule has 5 heteroatoms. The van der Waals surface area contributed by atoms with Gasteiger partial charge in [0.1, 0.15) is 5.78 Å². The lowest BCUT2D eigenvalue weighted by atomic mass is 10.0. The Bertz CT molecular complexity index is 362. The average molecular weight is 398 g/mol. The molecule has 0 aliphatic rings. The molecule has 0 heterocycles. The van der Waals surface area contributed by atoms with Crippen molar-refractivity contribution in [1.82, 2.24) is 10.6 Å². The van der Waals surface area contributed by atoms with Crippen LogP contribution in [0.4, 0.5) is 4.79 Å². The molecule has 0 aromatic heterocycles. The van der Waals surface area contributed by atoms with Crippen molar-refractivity contribution in [3.63, 3.8) is 0 Å². The predicted molar refractivity (Wildman–Crippen MR) is 120 cm³/mol. The Hall–Kier alpha value is -1.10. The number of nitrogens with two attached hydrogens (primary N) is 1. The molecule has 0 aromatic carbocycles. The fourth-order valence-electron chi connectivity index (χ4n) is 3.47. The van der Waals surface area contributed by atoms with E-state index in [1.807, 2.05) is 0 Å². The van der Waals surface area contributed by atoms with E-state index in [0.29, 0.717) is 19.4 Å². The van der Waals surface area contributed by atoms with Gasteiger partial charge in [0.2, 0.25) is 0 Å². The maximum atomic E-state index is 11.7. The van der Waals surface area contributed by atoms with Crippen LogP contribution >= 0.6 is 0 Å². The molecule has 0 rings (SSSR count). The van der Waals surface area contributed by atoms with Crippen LogP contribution in [0.1, 0.15) is 116 Å². The van der Waals surface area contributed by atoms with E-state index in [-0.39, 0.29) is 11.8 Å². The van der Waals surface area contributed by atoms with Crippen LogP contribution in [0.25, 0.3) is 0 Å². The zero-order valence-corrected chi connectivity index (χ0v) is 18.5. The second-order valence-corrected chi connectivity index (χ2v) is 7.99. The molecule has 0 aliphatic carbocycles. The third-order valence-electron chi connectivity index (χ3n) is 5.33. The van der Waals surface area contributed by atoms with E-state index in [9.17, 15) is 9.59 Å². The molecule has 0 atom stereocenters. The van der Waals surface area contributed by atoms with Gasteiger partial charge in [0, 0.05) is 26.4 Å². The summed E-state index contributed by atoms with van der Waals surface area (Å²) < 4.78 is 0. The minimum absolute atomic E-state index is 0.221. The van der Waals surface area contributed by atoms with E-state index in [4.69, 9.17) is 5.73 Å². The molecule has 0 radical (unpaired) electrons. The Kier molecular flexibility index (Phi) is 21.3. The average Bonchev–Trinajstić information content (AvgIpc) is 2.70. The summed E-state index contributed by atoms with van der Waals surface area (Å²) in [5.41, 5.74) is 5.50. The number of carbonyl (C=O) groups excluding carboxylic acids is 2. The summed E-state index contributed by atoms with van der Waals surface area (Å²) >= 11 is 0. The van der Waals surface area contributed by atoms with Gasteiger partial charge in [-0.2, -0.15) is 0 Å². The van der Waals surface area contributed by atoms with Crippen molar-refractivity contribution < 1.29 is 9.59 Å². The van der Waals surface area contributed by atoms with Crippen molar-refractivity contribution >= 4 is 11.8 Å². The number of hydrogen-bond acceptors (Lipinski definition) is 3. The Labute approximate surface area is 174 Å². The lowest BCUT2D eigenvalue weighted by molar-refractivity contribution is -0.119. The van der Waals surface area contributed by atoms with Crippen LogP contribution in [0.2, 0.25) is 0 Å². The SMILES string of the molecule is CNC(=O)NCCC(=O)CCCCCCCCCCCCCCCCCCN. The summed E-state index contributed by atoms with van der Waals surface area (Å²) in [4.78, 5) is 22.7. The highest BCUT2D eigenvalue weighted by Gasteiger charge is 2.03. The van der Waals surface area contributed by atoms with E-state index < -0.39 is 0 Å². The van der Waals surface area contributed by atoms with Gasteiger partial charge < -0.3 is 16.4 Å². The quantitative estimate of drug-likeness (QED) is 0.225. The molecule has 0 unspecified atom stereocenters. The molecule has 0 aliphatic heterocycles. The zero-order chi connectivity index (χ0) is 20.7. The number of unbranched alkanes of at least 4 members (excludes halogenated alkanes) is 15. The second-order valence-electron chi connectivity index (χ2n) is 7.99. The minimum atomic E-state index is -0.221. The molecule has 0 spiro atoms. The van der Waals surface area contributed by atoms with Crippen molar-refractivity contribution in [1.29, 1.82) is 0 Å². The number of hydrogen-bond donors (Lipinski definition) is 3. The summed E-state index contributed by atoms with van der Waals surface area (Å²) in [7, 11) is 1.57. The van der Waals surface area contributed by atoms with Crippen LogP contribution in [-0.4, -0.2) is 32.0 Å². The number of rotatable bonds is 21. The molecule has 0 bridgehead atoms. The summed E-state index contributed by atoms with van der Waals surface area (Å²) in [5.74, 6) is 0.256. The van der Waals surface area contributed by atoms with Gasteiger partial charge in [0.05, 0.1) is 0 Å². The number of urea groups is 1. The van der Waals surface area contributed by atoms with Crippen LogP contribution in [-0.2, 0) is 4.79 Å². The van der Waals surface area contributed by atoms with Gasteiger partial charge in [-0.15, -0.1) is 0 Å². The topological polar surface area (TPSA) is 84.2 Å². The Morgan fingerprint density at radius 3 is 1.39 bits per heavy atom. The highest BCUT2D eigenvalue weighted by molar-refractivity contribution is 5.79. The van der Waals surface area contributed by atoms with E-state index >= 15 is 0 Å². The minimum Gasteiger partial charge on any atom is -0.341 e. The lowest BCUT2D eigenvalue weighted by Gasteiger charge is -2.05. The second kappa shape index (κ2) is 22.2. The fourth-order valence-corrected chi connectivity index (χ4v) is 3.47. The van der Waals surface area contributed by atoms with Gasteiger partial charge in [-0.1, -0.05) is 89.9 Å². The Morgan fingerprint density at radius 2 is 1.00 bits per heavy atom. The molecule has 28 heavy (non-hydrogen) atoms. The molecular weight excluding hydrogens is 350 g/mol. The van der Waals surface area contributed by atoms with Crippen molar-refractivity contribution in [3.8, 4) is 0 Å². The van der Waals surface area contributed by atoms with Crippen LogP contribution in [0.3, 0.4) is 0 Å². The third-order valence-corrected chi connectivity index (χ3v) is 5.33. The Balaban J connectivity index is 3.13. The monoisotopic (exact) mass is 397 g/mol. The van der Waals surface area contributed by atoms with Crippen molar-refractivity contribution in [2.45, 2.75) is 116 Å². The normalized spacial score (nSPS) is 10.8. The summed E-state index contributed by atoms with van der Waals surface area (Å²) in [6.07, 6.45) is 22.1. The highest BCUT2D eigenvalue weighted by Crippen LogP contribution is 2.14. The number of carbonyl (C=O) groups is 2. The molecule has 0 aromatic rings. The first-order valence-corrected chi connectivity index (χ1v) is 11.9. The lowest BCUT2D eigenvalue weighted by Crippen LogP contribution is -2.34. The first kappa shape index (κ1) is 26.9.